The summed E-state index contributed by atoms with van der Waals surface area (Å²) < 4.78 is 26.6. The first-order valence-electron chi connectivity index (χ1n) is 11.8. The molecule has 2 aromatic rings. The van der Waals surface area contributed by atoms with Gasteiger partial charge in [-0.3, -0.25) is 13.9 Å². The Hall–Kier alpha value is -2.87. The molecule has 2 rings (SSSR count). The average Bonchev–Trinajstić information content (AvgIpc) is 2.81. The van der Waals surface area contributed by atoms with E-state index in [9.17, 15) is 18.0 Å². The lowest BCUT2D eigenvalue weighted by molar-refractivity contribution is -0.140. The van der Waals surface area contributed by atoms with Gasteiger partial charge in [0, 0.05) is 13.1 Å². The number of nitrogens with one attached hydrogen (secondary N) is 1. The van der Waals surface area contributed by atoms with E-state index in [2.05, 4.69) is 5.32 Å². The second-order valence-corrected chi connectivity index (χ2v) is 10.4. The minimum atomic E-state index is -3.74. The minimum absolute atomic E-state index is 0.212. The maximum Gasteiger partial charge on any atom is 0.244 e. The van der Waals surface area contributed by atoms with Crippen molar-refractivity contribution >= 4 is 27.5 Å². The zero-order valence-electron chi connectivity index (χ0n) is 20.9. The number of hydrogen-bond acceptors (Lipinski definition) is 4. The van der Waals surface area contributed by atoms with Crippen LogP contribution in [-0.4, -0.2) is 50.5 Å². The molecule has 7 nitrogen and oxygen atoms in total. The van der Waals surface area contributed by atoms with Gasteiger partial charge in [0.2, 0.25) is 21.8 Å². The second kappa shape index (κ2) is 12.6. The molecule has 34 heavy (non-hydrogen) atoms. The molecule has 8 heteroatoms. The largest absolute Gasteiger partial charge is 0.354 e. The van der Waals surface area contributed by atoms with E-state index >= 15 is 0 Å². The van der Waals surface area contributed by atoms with Gasteiger partial charge in [-0.25, -0.2) is 8.42 Å². The van der Waals surface area contributed by atoms with Crippen LogP contribution >= 0.6 is 0 Å². The van der Waals surface area contributed by atoms with Gasteiger partial charge < -0.3 is 10.2 Å². The van der Waals surface area contributed by atoms with E-state index < -0.39 is 22.0 Å². The monoisotopic (exact) mass is 487 g/mol. The van der Waals surface area contributed by atoms with Crippen molar-refractivity contribution in [2.45, 2.75) is 59.5 Å². The van der Waals surface area contributed by atoms with Gasteiger partial charge in [0.15, 0.2) is 0 Å². The molecule has 0 saturated heterocycles. The van der Waals surface area contributed by atoms with Crippen LogP contribution in [0.25, 0.3) is 0 Å². The Bertz CT molecular complexity index is 1070. The zero-order chi connectivity index (χ0) is 25.3. The number of nitrogens with zero attached hydrogens (tertiary/aromatic N) is 2. The molecular formula is C26H37N3O4S. The van der Waals surface area contributed by atoms with E-state index in [0.29, 0.717) is 25.1 Å². The first kappa shape index (κ1) is 27.4. The Morgan fingerprint density at radius 1 is 1.00 bits per heavy atom. The highest BCUT2D eigenvalue weighted by Gasteiger charge is 2.32. The predicted octanol–water partition coefficient (Wildman–Crippen LogP) is 3.66. The maximum atomic E-state index is 13.7. The Morgan fingerprint density at radius 3 is 2.21 bits per heavy atom. The molecule has 0 unspecified atom stereocenters. The van der Waals surface area contributed by atoms with Crippen LogP contribution in [0.1, 0.15) is 50.3 Å². The number of rotatable bonds is 12. The van der Waals surface area contributed by atoms with E-state index in [1.165, 1.54) is 4.90 Å². The van der Waals surface area contributed by atoms with Crippen LogP contribution in [0.15, 0.2) is 48.5 Å². The summed E-state index contributed by atoms with van der Waals surface area (Å²) in [7, 11) is -3.74. The molecule has 0 bridgehead atoms. The highest BCUT2D eigenvalue weighted by atomic mass is 32.2. The highest BCUT2D eigenvalue weighted by molar-refractivity contribution is 7.92. The molecule has 0 aromatic heterocycles. The fraction of sp³-hybridized carbons (Fsp3) is 0.462. The van der Waals surface area contributed by atoms with Crippen LogP contribution < -0.4 is 9.62 Å². The first-order chi connectivity index (χ1) is 16.1. The number of carbonyl (C=O) groups excluding carboxylic acids is 2. The molecule has 0 spiro atoms. The number of amides is 2. The Labute approximate surface area is 204 Å². The van der Waals surface area contributed by atoms with Gasteiger partial charge in [0.05, 0.1) is 11.9 Å². The summed E-state index contributed by atoms with van der Waals surface area (Å²) in [5.74, 6) is -0.653. The number of anilines is 1. The van der Waals surface area contributed by atoms with E-state index in [-0.39, 0.29) is 19.0 Å². The summed E-state index contributed by atoms with van der Waals surface area (Å²) in [6, 6.07) is 14.2. The fourth-order valence-corrected chi connectivity index (χ4v) is 4.70. The summed E-state index contributed by atoms with van der Waals surface area (Å²) in [6.07, 6.45) is 2.92. The average molecular weight is 488 g/mol. The highest BCUT2D eigenvalue weighted by Crippen LogP contribution is 2.24. The summed E-state index contributed by atoms with van der Waals surface area (Å²) in [4.78, 5) is 28.1. The van der Waals surface area contributed by atoms with Gasteiger partial charge in [0.1, 0.15) is 12.6 Å². The summed E-state index contributed by atoms with van der Waals surface area (Å²) in [5, 5.41) is 2.88. The molecule has 186 valence electrons. The van der Waals surface area contributed by atoms with Crippen molar-refractivity contribution in [1.82, 2.24) is 10.2 Å². The standard InChI is InChI=1S/C26H37N3O4S/c1-6-17-27-26(31)23(8-3)28(18-21-15-13-20(4)14-16-21)25(30)19-29(34(5,32)33)24-12-10-9-11-22(24)7-2/h9-16,23H,6-8,17-19H2,1-5H3,(H,27,31)/t23-/m1/s1. The lowest BCUT2D eigenvalue weighted by atomic mass is 10.1. The SMILES string of the molecule is CCCNC(=O)[C@@H](CC)N(Cc1ccc(C)cc1)C(=O)CN(c1ccccc1CC)S(C)(=O)=O. The maximum absolute atomic E-state index is 13.7. The number of sulfonamides is 1. The van der Waals surface area contributed by atoms with Crippen LogP contribution in [0.3, 0.4) is 0 Å². The molecule has 0 aliphatic carbocycles. The minimum Gasteiger partial charge on any atom is -0.354 e. The number of para-hydroxylation sites is 1. The smallest absolute Gasteiger partial charge is 0.244 e. The number of benzene rings is 2. The summed E-state index contributed by atoms with van der Waals surface area (Å²) in [5.41, 5.74) is 3.28. The molecule has 0 fully saturated rings. The Kier molecular flexibility index (Phi) is 10.1. The van der Waals surface area contributed by atoms with Gasteiger partial charge in [0.25, 0.3) is 0 Å². The summed E-state index contributed by atoms with van der Waals surface area (Å²) >= 11 is 0. The van der Waals surface area contributed by atoms with Crippen molar-refractivity contribution in [3.8, 4) is 0 Å². The third kappa shape index (κ3) is 7.32. The van der Waals surface area contributed by atoms with Crippen LogP contribution in [0.5, 0.6) is 0 Å². The van der Waals surface area contributed by atoms with Gasteiger partial charge in [-0.05, 0) is 43.4 Å². The molecule has 0 radical (unpaired) electrons. The van der Waals surface area contributed by atoms with Crippen LogP contribution in [0, 0.1) is 6.92 Å². The van der Waals surface area contributed by atoms with Crippen LogP contribution in [0.4, 0.5) is 5.69 Å². The third-order valence-electron chi connectivity index (χ3n) is 5.73. The van der Waals surface area contributed by atoms with Gasteiger partial charge >= 0.3 is 0 Å². The molecule has 1 atom stereocenters. The normalized spacial score (nSPS) is 12.1. The van der Waals surface area contributed by atoms with Gasteiger partial charge in [-0.2, -0.15) is 0 Å². The second-order valence-electron chi connectivity index (χ2n) is 8.47. The lowest BCUT2D eigenvalue weighted by Crippen LogP contribution is -2.52. The van der Waals surface area contributed by atoms with Crippen molar-refractivity contribution in [1.29, 1.82) is 0 Å². The van der Waals surface area contributed by atoms with Gasteiger partial charge in [-0.1, -0.05) is 68.8 Å². The zero-order valence-corrected chi connectivity index (χ0v) is 21.7. The molecule has 0 aliphatic rings. The van der Waals surface area contributed by atoms with Crippen LogP contribution in [0.2, 0.25) is 0 Å². The predicted molar refractivity (Wildman–Crippen MR) is 137 cm³/mol. The molecule has 0 saturated carbocycles. The quantitative estimate of drug-likeness (QED) is 0.495. The van der Waals surface area contributed by atoms with Crippen molar-refractivity contribution in [3.05, 3.63) is 65.2 Å². The molecule has 0 aliphatic heterocycles. The Morgan fingerprint density at radius 2 is 1.65 bits per heavy atom. The fourth-order valence-electron chi connectivity index (χ4n) is 3.82. The molecular weight excluding hydrogens is 450 g/mol. The van der Waals surface area contributed by atoms with Gasteiger partial charge in [-0.15, -0.1) is 0 Å². The summed E-state index contributed by atoms with van der Waals surface area (Å²) in [6.45, 7) is 8.09. The number of aryl methyl sites for hydroxylation is 2. The lowest BCUT2D eigenvalue weighted by Gasteiger charge is -2.33. The van der Waals surface area contributed by atoms with E-state index in [1.807, 2.05) is 64.1 Å². The Balaban J connectivity index is 2.45. The first-order valence-corrected chi connectivity index (χ1v) is 13.6. The molecule has 1 N–H and O–H groups in total. The van der Waals surface area contributed by atoms with Crippen molar-refractivity contribution in [3.63, 3.8) is 0 Å². The molecule has 0 heterocycles. The number of carbonyl (C=O) groups is 2. The van der Waals surface area contributed by atoms with Crippen molar-refractivity contribution in [2.75, 3.05) is 23.7 Å². The van der Waals surface area contributed by atoms with E-state index in [1.54, 1.807) is 12.1 Å². The molecule has 2 amide bonds. The van der Waals surface area contributed by atoms with E-state index in [0.717, 1.165) is 33.7 Å². The number of hydrogen-bond donors (Lipinski definition) is 1. The molecule has 2 aromatic carbocycles. The van der Waals surface area contributed by atoms with E-state index in [4.69, 9.17) is 0 Å². The third-order valence-corrected chi connectivity index (χ3v) is 6.86. The van der Waals surface area contributed by atoms with Crippen molar-refractivity contribution < 1.29 is 18.0 Å². The van der Waals surface area contributed by atoms with Crippen molar-refractivity contribution in [2.24, 2.45) is 0 Å². The van der Waals surface area contributed by atoms with Crippen LogP contribution in [-0.2, 0) is 32.6 Å². The topological polar surface area (TPSA) is 86.8 Å².